The van der Waals surface area contributed by atoms with Gasteiger partial charge in [0.25, 0.3) is 11.7 Å². The molecule has 0 aromatic heterocycles. The normalized spacial score (nSPS) is 10.7. The number of hydrogen-bond donors (Lipinski definition) is 1. The number of nitrogens with one attached hydrogen (secondary N) is 1. The monoisotopic (exact) mass is 391 g/mol. The van der Waals surface area contributed by atoms with Gasteiger partial charge in [0.1, 0.15) is 0 Å². The average molecular weight is 393 g/mol. The first-order valence-electron chi connectivity index (χ1n) is 5.77. The van der Waals surface area contributed by atoms with Gasteiger partial charge in [0, 0.05) is 9.37 Å². The molecule has 0 heterocycles. The highest BCUT2D eigenvalue weighted by atomic mass is 79.9. The molecule has 0 aliphatic heterocycles. The molecule has 110 valence electrons. The lowest BCUT2D eigenvalue weighted by Crippen LogP contribution is -2.13. The van der Waals surface area contributed by atoms with E-state index in [1.54, 1.807) is 36.4 Å². The van der Waals surface area contributed by atoms with Crippen molar-refractivity contribution in [2.75, 3.05) is 5.32 Å². The Morgan fingerprint density at radius 3 is 2.67 bits per heavy atom. The molecule has 2 aromatic carbocycles. The molecule has 2 nitrogen and oxygen atoms in total. The van der Waals surface area contributed by atoms with Gasteiger partial charge in [0.2, 0.25) is 0 Å². The molecule has 0 saturated heterocycles. The second-order valence-corrected chi connectivity index (χ2v) is 6.31. The van der Waals surface area contributed by atoms with Crippen molar-refractivity contribution in [1.29, 1.82) is 0 Å². The number of carbonyl (C=O) groups is 1. The maximum atomic E-state index is 12.5. The van der Waals surface area contributed by atoms with Crippen LogP contribution in [0.2, 0.25) is 5.02 Å². The van der Waals surface area contributed by atoms with E-state index in [1.165, 1.54) is 6.07 Å². The largest absolute Gasteiger partial charge is 0.321 e. The second-order valence-electron chi connectivity index (χ2n) is 3.95. The zero-order valence-corrected chi connectivity index (χ0v) is 13.6. The van der Waals surface area contributed by atoms with Crippen LogP contribution >= 0.6 is 39.3 Å². The number of para-hydroxylation sites is 1. The van der Waals surface area contributed by atoms with Gasteiger partial charge >= 0.3 is 0 Å². The number of amides is 1. The molecule has 0 saturated carbocycles. The Morgan fingerprint density at radius 2 is 1.95 bits per heavy atom. The molecule has 0 atom stereocenters. The number of alkyl halides is 2. The highest BCUT2D eigenvalue weighted by Gasteiger charge is 2.15. The van der Waals surface area contributed by atoms with Crippen molar-refractivity contribution in [3.63, 3.8) is 0 Å². The van der Waals surface area contributed by atoms with E-state index in [9.17, 15) is 13.6 Å². The molecule has 1 N–H and O–H groups in total. The predicted molar refractivity (Wildman–Crippen MR) is 85.4 cm³/mol. The number of benzene rings is 2. The molecule has 7 heteroatoms. The van der Waals surface area contributed by atoms with E-state index in [0.717, 1.165) is 0 Å². The fourth-order valence-corrected chi connectivity index (χ4v) is 2.79. The summed E-state index contributed by atoms with van der Waals surface area (Å²) in [7, 11) is 0. The van der Waals surface area contributed by atoms with E-state index in [1.807, 2.05) is 0 Å². The minimum atomic E-state index is -2.56. The van der Waals surface area contributed by atoms with Crippen LogP contribution in [0.5, 0.6) is 0 Å². The second kappa shape index (κ2) is 7.24. The summed E-state index contributed by atoms with van der Waals surface area (Å²) in [4.78, 5) is 12.5. The number of carbonyl (C=O) groups excluding carboxylic acids is 1. The van der Waals surface area contributed by atoms with Gasteiger partial charge in [-0.25, -0.2) is 0 Å². The van der Waals surface area contributed by atoms with Crippen molar-refractivity contribution in [2.24, 2.45) is 0 Å². The molecule has 0 unspecified atom stereocenters. The van der Waals surface area contributed by atoms with Crippen LogP contribution in [-0.2, 0) is 0 Å². The molecule has 0 spiro atoms. The number of hydrogen-bond acceptors (Lipinski definition) is 2. The number of rotatable bonds is 4. The highest BCUT2D eigenvalue weighted by molar-refractivity contribution is 9.10. The van der Waals surface area contributed by atoms with Gasteiger partial charge in [-0.15, -0.1) is 0 Å². The zero-order chi connectivity index (χ0) is 15.4. The van der Waals surface area contributed by atoms with Crippen LogP contribution < -0.4 is 5.32 Å². The van der Waals surface area contributed by atoms with E-state index in [2.05, 4.69) is 21.2 Å². The van der Waals surface area contributed by atoms with Crippen molar-refractivity contribution >= 4 is 50.9 Å². The van der Waals surface area contributed by atoms with Gasteiger partial charge in [-0.2, -0.15) is 8.78 Å². The Morgan fingerprint density at radius 1 is 1.24 bits per heavy atom. The average Bonchev–Trinajstić information content (AvgIpc) is 2.43. The molecule has 0 aliphatic carbocycles. The Balaban J connectivity index is 2.25. The van der Waals surface area contributed by atoms with Gasteiger partial charge < -0.3 is 5.32 Å². The van der Waals surface area contributed by atoms with Gasteiger partial charge in [0.15, 0.2) is 0 Å². The molecule has 1 amide bonds. The zero-order valence-electron chi connectivity index (χ0n) is 10.4. The van der Waals surface area contributed by atoms with Crippen LogP contribution in [0.4, 0.5) is 14.5 Å². The van der Waals surface area contributed by atoms with Gasteiger partial charge in [-0.1, -0.05) is 51.4 Å². The summed E-state index contributed by atoms with van der Waals surface area (Å²) in [5, 5.41) is 2.89. The summed E-state index contributed by atoms with van der Waals surface area (Å²) in [6, 6.07) is 11.2. The minimum absolute atomic E-state index is 0.267. The summed E-state index contributed by atoms with van der Waals surface area (Å²) < 4.78 is 25.7. The van der Waals surface area contributed by atoms with Crippen molar-refractivity contribution in [3.05, 3.63) is 57.5 Å². The van der Waals surface area contributed by atoms with E-state index in [4.69, 9.17) is 11.6 Å². The molecular formula is C14H9BrClF2NOS. The maximum absolute atomic E-state index is 12.5. The Bertz CT molecular complexity index is 669. The summed E-state index contributed by atoms with van der Waals surface area (Å²) in [6.07, 6.45) is 0. The fourth-order valence-electron chi connectivity index (χ4n) is 1.63. The topological polar surface area (TPSA) is 29.1 Å². The number of halogens is 4. The molecule has 2 rings (SSSR count). The molecule has 2 aromatic rings. The van der Waals surface area contributed by atoms with Crippen LogP contribution in [0.3, 0.4) is 0 Å². The van der Waals surface area contributed by atoms with E-state index in [0.29, 0.717) is 26.8 Å². The first-order chi connectivity index (χ1) is 9.97. The van der Waals surface area contributed by atoms with Crippen LogP contribution in [0.15, 0.2) is 51.8 Å². The van der Waals surface area contributed by atoms with Crippen LogP contribution in [0.1, 0.15) is 10.4 Å². The van der Waals surface area contributed by atoms with Gasteiger partial charge in [0.05, 0.1) is 16.3 Å². The third kappa shape index (κ3) is 4.43. The quantitative estimate of drug-likeness (QED) is 0.679. The lowest BCUT2D eigenvalue weighted by Gasteiger charge is -2.11. The summed E-state index contributed by atoms with van der Waals surface area (Å²) >= 11 is 9.61. The molecule has 0 bridgehead atoms. The lowest BCUT2D eigenvalue weighted by molar-refractivity contribution is 0.102. The third-order valence-corrected chi connectivity index (χ3v) is 4.14. The first kappa shape index (κ1) is 16.3. The third-order valence-electron chi connectivity index (χ3n) is 2.52. The Hall–Kier alpha value is -1.11. The minimum Gasteiger partial charge on any atom is -0.321 e. The smallest absolute Gasteiger partial charge is 0.288 e. The van der Waals surface area contributed by atoms with Gasteiger partial charge in [-0.3, -0.25) is 4.79 Å². The first-order valence-corrected chi connectivity index (χ1v) is 7.82. The van der Waals surface area contributed by atoms with Gasteiger partial charge in [-0.05, 0) is 30.3 Å². The summed E-state index contributed by atoms with van der Waals surface area (Å²) in [5.74, 6) is -3.01. The molecule has 0 fully saturated rings. The van der Waals surface area contributed by atoms with E-state index >= 15 is 0 Å². The lowest BCUT2D eigenvalue weighted by atomic mass is 10.2. The maximum Gasteiger partial charge on any atom is 0.288 e. The Kier molecular flexibility index (Phi) is 5.61. The summed E-state index contributed by atoms with van der Waals surface area (Å²) in [5.41, 5.74) is 0.590. The standard InChI is InChI=1S/C14H9BrClF2NOS/c15-8-5-6-10(16)9(7-8)13(20)19-11-3-1-2-4-12(11)21-14(17)18/h1-7,14H,(H,19,20). The molecule has 0 radical (unpaired) electrons. The van der Waals surface area contributed by atoms with Crippen LogP contribution in [-0.4, -0.2) is 11.7 Å². The van der Waals surface area contributed by atoms with Crippen molar-refractivity contribution in [2.45, 2.75) is 10.7 Å². The number of anilines is 1. The van der Waals surface area contributed by atoms with E-state index < -0.39 is 11.7 Å². The molecule has 21 heavy (non-hydrogen) atoms. The molecule has 0 aliphatic rings. The fraction of sp³-hybridized carbons (Fsp3) is 0.0714. The van der Waals surface area contributed by atoms with Crippen LogP contribution in [0.25, 0.3) is 0 Å². The molecular weight excluding hydrogens is 384 g/mol. The SMILES string of the molecule is O=C(Nc1ccccc1SC(F)F)c1cc(Br)ccc1Cl. The van der Waals surface area contributed by atoms with Crippen molar-refractivity contribution < 1.29 is 13.6 Å². The van der Waals surface area contributed by atoms with Crippen molar-refractivity contribution in [3.8, 4) is 0 Å². The number of thioether (sulfide) groups is 1. The van der Waals surface area contributed by atoms with Crippen molar-refractivity contribution in [1.82, 2.24) is 0 Å². The highest BCUT2D eigenvalue weighted by Crippen LogP contribution is 2.32. The Labute approximate surface area is 138 Å². The predicted octanol–water partition coefficient (Wildman–Crippen LogP) is 5.67. The summed E-state index contributed by atoms with van der Waals surface area (Å²) in [6.45, 7) is 0. The van der Waals surface area contributed by atoms with Crippen LogP contribution in [0, 0.1) is 0 Å². The van der Waals surface area contributed by atoms with E-state index in [-0.39, 0.29) is 10.6 Å².